The summed E-state index contributed by atoms with van der Waals surface area (Å²) in [6.07, 6.45) is -3.96. The van der Waals surface area contributed by atoms with Gasteiger partial charge in [-0.1, -0.05) is 24.3 Å². The summed E-state index contributed by atoms with van der Waals surface area (Å²) < 4.78 is 46.6. The number of fused-ring (bicyclic) bond motifs is 1. The van der Waals surface area contributed by atoms with Crippen molar-refractivity contribution in [3.05, 3.63) is 47.0 Å². The SMILES string of the molecule is CCOC(=O)N1CC=C2C(C#N)C(=N)C(C#N)(C#N)[C@@H](c3ccccc3C(F)(F)F)[C@@H]2C1. The number of hydrogen-bond acceptors (Lipinski definition) is 6. The summed E-state index contributed by atoms with van der Waals surface area (Å²) in [6.45, 7) is 1.58. The zero-order chi connectivity index (χ0) is 23.7. The quantitative estimate of drug-likeness (QED) is 0.694. The van der Waals surface area contributed by atoms with E-state index in [9.17, 15) is 33.8 Å². The van der Waals surface area contributed by atoms with Gasteiger partial charge in [0.25, 0.3) is 0 Å². The highest BCUT2D eigenvalue weighted by Gasteiger charge is 2.59. The highest BCUT2D eigenvalue weighted by atomic mass is 19.4. The zero-order valence-corrected chi connectivity index (χ0v) is 17.0. The van der Waals surface area contributed by atoms with Gasteiger partial charge in [0.1, 0.15) is 5.92 Å². The third-order valence-corrected chi connectivity index (χ3v) is 5.92. The molecule has 32 heavy (non-hydrogen) atoms. The number of nitrogens with one attached hydrogen (secondary N) is 1. The Labute approximate surface area is 182 Å². The molecule has 1 N–H and O–H groups in total. The van der Waals surface area contributed by atoms with Crippen LogP contribution in [0.1, 0.15) is 24.0 Å². The fourth-order valence-electron chi connectivity index (χ4n) is 4.54. The topological polar surface area (TPSA) is 125 Å². The number of hydrogen-bond donors (Lipinski definition) is 1. The molecule has 1 aliphatic carbocycles. The molecule has 3 rings (SSSR count). The average molecular weight is 441 g/mol. The number of carbonyl (C=O) groups is 1. The Bertz CT molecular complexity index is 1090. The van der Waals surface area contributed by atoms with Gasteiger partial charge in [0.15, 0.2) is 5.41 Å². The minimum absolute atomic E-state index is 0.0376. The third-order valence-electron chi connectivity index (χ3n) is 5.92. The fourth-order valence-corrected chi connectivity index (χ4v) is 4.54. The molecule has 1 fully saturated rings. The van der Waals surface area contributed by atoms with Gasteiger partial charge >= 0.3 is 12.3 Å². The summed E-state index contributed by atoms with van der Waals surface area (Å²) >= 11 is 0. The van der Waals surface area contributed by atoms with E-state index in [1.54, 1.807) is 19.1 Å². The summed E-state index contributed by atoms with van der Waals surface area (Å²) in [6, 6.07) is 9.99. The molecule has 2 aliphatic rings. The van der Waals surface area contributed by atoms with E-state index < -0.39 is 46.7 Å². The molecule has 10 heteroatoms. The highest BCUT2D eigenvalue weighted by molar-refractivity contribution is 6.01. The molecular weight excluding hydrogens is 423 g/mol. The van der Waals surface area contributed by atoms with Gasteiger partial charge in [-0.3, -0.25) is 0 Å². The average Bonchev–Trinajstić information content (AvgIpc) is 2.77. The second-order valence-corrected chi connectivity index (χ2v) is 7.48. The molecule has 1 amide bonds. The zero-order valence-electron chi connectivity index (χ0n) is 17.0. The third kappa shape index (κ3) is 3.46. The number of ether oxygens (including phenoxy) is 1. The number of rotatable bonds is 2. The van der Waals surface area contributed by atoms with Crippen LogP contribution in [-0.4, -0.2) is 36.4 Å². The number of nitriles is 3. The van der Waals surface area contributed by atoms with Crippen LogP contribution < -0.4 is 0 Å². The van der Waals surface area contributed by atoms with Crippen LogP contribution in [0.3, 0.4) is 0 Å². The Morgan fingerprint density at radius 2 is 1.94 bits per heavy atom. The monoisotopic (exact) mass is 441 g/mol. The molecule has 0 bridgehead atoms. The molecule has 1 unspecified atom stereocenters. The minimum atomic E-state index is -4.78. The van der Waals surface area contributed by atoms with Crippen molar-refractivity contribution in [2.75, 3.05) is 19.7 Å². The standard InChI is InChI=1S/C22H18F3N5O2/c1-2-32-20(31)30-8-7-13-15(9-26)19(29)21(11-27,12-28)18(16(13)10-30)14-5-3-4-6-17(14)22(23,24)25/h3-7,15-16,18,29H,2,8,10H2,1H3/t15?,16-,18+/m1/s1. The highest BCUT2D eigenvalue weighted by Crippen LogP contribution is 2.55. The van der Waals surface area contributed by atoms with E-state index in [0.717, 1.165) is 6.07 Å². The van der Waals surface area contributed by atoms with Gasteiger partial charge in [-0.05, 0) is 24.1 Å². The maximum atomic E-state index is 13.9. The first-order valence-electron chi connectivity index (χ1n) is 9.75. The molecule has 0 saturated heterocycles. The van der Waals surface area contributed by atoms with Gasteiger partial charge in [-0.15, -0.1) is 0 Å². The lowest BCUT2D eigenvalue weighted by atomic mass is 9.54. The fraction of sp³-hybridized carbons (Fsp3) is 0.409. The maximum absolute atomic E-state index is 13.9. The number of amides is 1. The van der Waals surface area contributed by atoms with Crippen molar-refractivity contribution in [3.8, 4) is 18.2 Å². The summed E-state index contributed by atoms with van der Waals surface area (Å²) in [7, 11) is 0. The van der Waals surface area contributed by atoms with Crippen molar-refractivity contribution in [1.29, 1.82) is 21.2 Å². The molecule has 1 aromatic carbocycles. The van der Waals surface area contributed by atoms with Gasteiger partial charge in [-0.2, -0.15) is 29.0 Å². The molecule has 1 aromatic rings. The Hall–Kier alpha value is -3.84. The lowest BCUT2D eigenvalue weighted by Crippen LogP contribution is -2.54. The summed E-state index contributed by atoms with van der Waals surface area (Å²) in [5.74, 6) is -3.64. The minimum Gasteiger partial charge on any atom is -0.450 e. The second kappa shape index (κ2) is 8.36. The van der Waals surface area contributed by atoms with E-state index in [1.165, 1.54) is 29.2 Å². The Kier molecular flexibility index (Phi) is 5.96. The molecule has 0 radical (unpaired) electrons. The number of alkyl halides is 3. The Morgan fingerprint density at radius 3 is 2.50 bits per heavy atom. The van der Waals surface area contributed by atoms with E-state index in [2.05, 4.69) is 0 Å². The van der Waals surface area contributed by atoms with Gasteiger partial charge in [0, 0.05) is 24.9 Å². The van der Waals surface area contributed by atoms with Crippen LogP contribution in [-0.2, 0) is 10.9 Å². The number of halogens is 3. The van der Waals surface area contributed by atoms with Gasteiger partial charge in [0.2, 0.25) is 0 Å². The molecule has 1 saturated carbocycles. The predicted octanol–water partition coefficient (Wildman–Crippen LogP) is 4.01. The largest absolute Gasteiger partial charge is 0.450 e. The van der Waals surface area contributed by atoms with Crippen molar-refractivity contribution in [2.24, 2.45) is 17.3 Å². The molecule has 164 valence electrons. The van der Waals surface area contributed by atoms with Crippen molar-refractivity contribution in [2.45, 2.75) is 19.0 Å². The van der Waals surface area contributed by atoms with Gasteiger partial charge in [-0.25, -0.2) is 4.79 Å². The molecular formula is C22H18F3N5O2. The van der Waals surface area contributed by atoms with E-state index >= 15 is 0 Å². The molecule has 0 aromatic heterocycles. The maximum Gasteiger partial charge on any atom is 0.416 e. The number of nitrogens with zero attached hydrogens (tertiary/aromatic N) is 4. The van der Waals surface area contributed by atoms with Crippen LogP contribution in [0.15, 0.2) is 35.9 Å². The van der Waals surface area contributed by atoms with Crippen molar-refractivity contribution < 1.29 is 22.7 Å². The van der Waals surface area contributed by atoms with Crippen LogP contribution >= 0.6 is 0 Å². The summed E-state index contributed by atoms with van der Waals surface area (Å²) in [5, 5.41) is 38.1. The second-order valence-electron chi connectivity index (χ2n) is 7.48. The van der Waals surface area contributed by atoms with Crippen LogP contribution in [0.5, 0.6) is 0 Å². The number of carbonyl (C=O) groups excluding carboxylic acids is 1. The first kappa shape index (κ1) is 22.8. The first-order valence-corrected chi connectivity index (χ1v) is 9.75. The number of benzene rings is 1. The summed E-state index contributed by atoms with van der Waals surface area (Å²) in [4.78, 5) is 13.6. The van der Waals surface area contributed by atoms with Crippen LogP contribution in [0.2, 0.25) is 0 Å². The Balaban J connectivity index is 2.29. The molecule has 7 nitrogen and oxygen atoms in total. The van der Waals surface area contributed by atoms with Gasteiger partial charge in [0.05, 0.1) is 36.1 Å². The van der Waals surface area contributed by atoms with Crippen LogP contribution in [0.4, 0.5) is 18.0 Å². The molecule has 3 atom stereocenters. The lowest BCUT2D eigenvalue weighted by molar-refractivity contribution is -0.138. The normalized spacial score (nSPS) is 24.3. The molecule has 0 spiro atoms. The first-order chi connectivity index (χ1) is 15.2. The van der Waals surface area contributed by atoms with E-state index in [4.69, 9.17) is 10.1 Å². The molecule has 1 aliphatic heterocycles. The van der Waals surface area contributed by atoms with E-state index in [-0.39, 0.29) is 25.3 Å². The lowest BCUT2D eigenvalue weighted by Gasteiger charge is -2.47. The van der Waals surface area contributed by atoms with Crippen LogP contribution in [0.25, 0.3) is 0 Å². The van der Waals surface area contributed by atoms with E-state index in [1.807, 2.05) is 6.07 Å². The van der Waals surface area contributed by atoms with Crippen molar-refractivity contribution >= 4 is 11.8 Å². The Morgan fingerprint density at radius 1 is 1.28 bits per heavy atom. The molecule has 1 heterocycles. The van der Waals surface area contributed by atoms with E-state index in [0.29, 0.717) is 5.57 Å². The summed E-state index contributed by atoms with van der Waals surface area (Å²) in [5.41, 5.74) is -3.90. The smallest absolute Gasteiger partial charge is 0.416 e. The van der Waals surface area contributed by atoms with Crippen LogP contribution in [0, 0.1) is 56.7 Å². The van der Waals surface area contributed by atoms with Crippen molar-refractivity contribution in [1.82, 2.24) is 4.90 Å². The van der Waals surface area contributed by atoms with Gasteiger partial charge < -0.3 is 15.0 Å². The van der Waals surface area contributed by atoms with Crippen molar-refractivity contribution in [3.63, 3.8) is 0 Å². The predicted molar refractivity (Wildman–Crippen MR) is 105 cm³/mol.